The smallest absolute Gasteiger partial charge is 0.309 e. The highest BCUT2D eigenvalue weighted by Gasteiger charge is 2.25. The molecule has 0 saturated carbocycles. The van der Waals surface area contributed by atoms with Crippen LogP contribution in [0.5, 0.6) is 0 Å². The number of benzene rings is 2. The van der Waals surface area contributed by atoms with Gasteiger partial charge >= 0.3 is 5.97 Å². The lowest BCUT2D eigenvalue weighted by Crippen LogP contribution is -2.21. The van der Waals surface area contributed by atoms with Gasteiger partial charge in [-0.25, -0.2) is 0 Å². The number of ether oxygens (including phenoxy) is 2. The summed E-state index contributed by atoms with van der Waals surface area (Å²) in [6.07, 6.45) is 2.28. The molecule has 0 N–H and O–H groups in total. The summed E-state index contributed by atoms with van der Waals surface area (Å²) in [5.41, 5.74) is 3.48. The van der Waals surface area contributed by atoms with Crippen LogP contribution in [-0.4, -0.2) is 12.6 Å². The van der Waals surface area contributed by atoms with E-state index in [1.807, 2.05) is 25.1 Å². The van der Waals surface area contributed by atoms with Gasteiger partial charge in [0.05, 0.1) is 25.2 Å². The quantitative estimate of drug-likeness (QED) is 0.519. The first-order chi connectivity index (χ1) is 12.6. The van der Waals surface area contributed by atoms with E-state index >= 15 is 0 Å². The van der Waals surface area contributed by atoms with E-state index in [9.17, 15) is 4.79 Å². The van der Waals surface area contributed by atoms with Crippen molar-refractivity contribution in [1.29, 1.82) is 0 Å². The SMILES string of the molecule is CCC[C@@H](C[C@H](OCc1ccc(C)cc1)c1ccccc1)C(=O)OCC. The number of hydrogen-bond acceptors (Lipinski definition) is 3. The molecular weight excluding hydrogens is 324 g/mol. The van der Waals surface area contributed by atoms with Crippen LogP contribution >= 0.6 is 0 Å². The molecule has 0 radical (unpaired) electrons. The van der Waals surface area contributed by atoms with Gasteiger partial charge in [-0.1, -0.05) is 73.5 Å². The summed E-state index contributed by atoms with van der Waals surface area (Å²) in [7, 11) is 0. The van der Waals surface area contributed by atoms with Crippen LogP contribution in [0.3, 0.4) is 0 Å². The van der Waals surface area contributed by atoms with Gasteiger partial charge in [-0.3, -0.25) is 4.79 Å². The van der Waals surface area contributed by atoms with E-state index in [1.165, 1.54) is 5.56 Å². The Bertz CT molecular complexity index is 649. The van der Waals surface area contributed by atoms with Gasteiger partial charge in [-0.2, -0.15) is 0 Å². The molecule has 2 atom stereocenters. The summed E-state index contributed by atoms with van der Waals surface area (Å²) >= 11 is 0. The highest BCUT2D eigenvalue weighted by molar-refractivity contribution is 5.72. The van der Waals surface area contributed by atoms with Crippen LogP contribution in [0.15, 0.2) is 54.6 Å². The normalized spacial score (nSPS) is 13.2. The molecule has 0 aliphatic carbocycles. The van der Waals surface area contributed by atoms with Crippen LogP contribution in [-0.2, 0) is 20.9 Å². The van der Waals surface area contributed by atoms with Crippen LogP contribution in [0.2, 0.25) is 0 Å². The Balaban J connectivity index is 2.12. The maximum atomic E-state index is 12.3. The first-order valence-corrected chi connectivity index (χ1v) is 9.52. The molecule has 2 aromatic carbocycles. The molecule has 2 aromatic rings. The summed E-state index contributed by atoms with van der Waals surface area (Å²) in [4.78, 5) is 12.3. The molecule has 0 heterocycles. The van der Waals surface area contributed by atoms with E-state index in [4.69, 9.17) is 9.47 Å². The minimum Gasteiger partial charge on any atom is -0.466 e. The van der Waals surface area contributed by atoms with E-state index in [1.54, 1.807) is 0 Å². The Labute approximate surface area is 157 Å². The maximum absolute atomic E-state index is 12.3. The molecule has 0 spiro atoms. The molecule has 0 aromatic heterocycles. The topological polar surface area (TPSA) is 35.5 Å². The second kappa shape index (κ2) is 10.8. The van der Waals surface area contributed by atoms with Crippen molar-refractivity contribution < 1.29 is 14.3 Å². The van der Waals surface area contributed by atoms with Crippen LogP contribution in [0, 0.1) is 12.8 Å². The van der Waals surface area contributed by atoms with E-state index in [0.29, 0.717) is 19.6 Å². The summed E-state index contributed by atoms with van der Waals surface area (Å²) in [6.45, 7) is 6.97. The van der Waals surface area contributed by atoms with E-state index < -0.39 is 0 Å². The lowest BCUT2D eigenvalue weighted by molar-refractivity contribution is -0.150. The molecule has 2 rings (SSSR count). The molecule has 26 heavy (non-hydrogen) atoms. The predicted octanol–water partition coefficient (Wildman–Crippen LogP) is 5.62. The fourth-order valence-corrected chi connectivity index (χ4v) is 3.05. The van der Waals surface area contributed by atoms with E-state index in [2.05, 4.69) is 50.2 Å². The predicted molar refractivity (Wildman–Crippen MR) is 105 cm³/mol. The first-order valence-electron chi connectivity index (χ1n) is 9.52. The van der Waals surface area contributed by atoms with Gasteiger partial charge in [-0.15, -0.1) is 0 Å². The van der Waals surface area contributed by atoms with Crippen molar-refractivity contribution >= 4 is 5.97 Å². The van der Waals surface area contributed by atoms with Crippen molar-refractivity contribution in [2.24, 2.45) is 5.92 Å². The van der Waals surface area contributed by atoms with Crippen molar-refractivity contribution in [2.45, 2.75) is 52.7 Å². The average molecular weight is 354 g/mol. The molecule has 0 bridgehead atoms. The number of hydrogen-bond donors (Lipinski definition) is 0. The summed E-state index contributed by atoms with van der Waals surface area (Å²) in [6, 6.07) is 18.5. The van der Waals surface area contributed by atoms with Gasteiger partial charge < -0.3 is 9.47 Å². The Morgan fingerprint density at radius 1 is 1.00 bits per heavy atom. The monoisotopic (exact) mass is 354 g/mol. The molecule has 0 aliphatic rings. The zero-order chi connectivity index (χ0) is 18.8. The minimum atomic E-state index is -0.136. The highest BCUT2D eigenvalue weighted by Crippen LogP contribution is 2.29. The first kappa shape index (κ1) is 20.2. The number of esters is 1. The molecule has 0 aliphatic heterocycles. The van der Waals surface area contributed by atoms with E-state index in [0.717, 1.165) is 24.0 Å². The standard InChI is InChI=1S/C23H30O3/c1-4-9-21(23(24)25-5-2)16-22(20-10-7-6-8-11-20)26-17-19-14-12-18(3)13-15-19/h6-8,10-15,21-22H,4-5,9,16-17H2,1-3H3/t21-,22-/m0/s1. The molecule has 0 saturated heterocycles. The van der Waals surface area contributed by atoms with Crippen molar-refractivity contribution in [2.75, 3.05) is 6.61 Å². The van der Waals surface area contributed by atoms with Gasteiger partial charge in [0.25, 0.3) is 0 Å². The molecule has 3 nitrogen and oxygen atoms in total. The van der Waals surface area contributed by atoms with Gasteiger partial charge in [0.15, 0.2) is 0 Å². The molecule has 3 heteroatoms. The largest absolute Gasteiger partial charge is 0.466 e. The number of rotatable bonds is 10. The van der Waals surface area contributed by atoms with E-state index in [-0.39, 0.29) is 18.0 Å². The third kappa shape index (κ3) is 6.30. The van der Waals surface area contributed by atoms with Gasteiger partial charge in [0.2, 0.25) is 0 Å². The van der Waals surface area contributed by atoms with Crippen molar-refractivity contribution in [1.82, 2.24) is 0 Å². The Morgan fingerprint density at radius 2 is 1.69 bits per heavy atom. The summed E-state index contributed by atoms with van der Waals surface area (Å²) in [5, 5.41) is 0. The minimum absolute atomic E-state index is 0.116. The van der Waals surface area contributed by atoms with Crippen molar-refractivity contribution in [3.8, 4) is 0 Å². The van der Waals surface area contributed by atoms with Crippen molar-refractivity contribution in [3.63, 3.8) is 0 Å². The average Bonchev–Trinajstić information content (AvgIpc) is 2.66. The third-order valence-electron chi connectivity index (χ3n) is 4.50. The molecule has 140 valence electrons. The van der Waals surface area contributed by atoms with Crippen LogP contribution < -0.4 is 0 Å². The van der Waals surface area contributed by atoms with Crippen molar-refractivity contribution in [3.05, 3.63) is 71.3 Å². The molecule has 0 fully saturated rings. The zero-order valence-electron chi connectivity index (χ0n) is 16.1. The molecule has 0 unspecified atom stereocenters. The Morgan fingerprint density at radius 3 is 2.31 bits per heavy atom. The van der Waals surface area contributed by atoms with Gasteiger partial charge in [0.1, 0.15) is 0 Å². The Hall–Kier alpha value is -2.13. The Kier molecular flexibility index (Phi) is 8.36. The van der Waals surface area contributed by atoms with Gasteiger partial charge in [-0.05, 0) is 37.8 Å². The third-order valence-corrected chi connectivity index (χ3v) is 4.50. The second-order valence-electron chi connectivity index (χ2n) is 6.67. The maximum Gasteiger partial charge on any atom is 0.309 e. The van der Waals surface area contributed by atoms with Gasteiger partial charge in [0, 0.05) is 0 Å². The summed E-state index contributed by atoms with van der Waals surface area (Å²) in [5.74, 6) is -0.252. The fourth-order valence-electron chi connectivity index (χ4n) is 3.05. The van der Waals surface area contributed by atoms with Crippen LogP contribution in [0.1, 0.15) is 55.9 Å². The lowest BCUT2D eigenvalue weighted by atomic mass is 9.93. The number of aryl methyl sites for hydroxylation is 1. The summed E-state index contributed by atoms with van der Waals surface area (Å²) < 4.78 is 11.5. The zero-order valence-corrected chi connectivity index (χ0v) is 16.1. The molecule has 0 amide bonds. The van der Waals surface area contributed by atoms with Crippen LogP contribution in [0.25, 0.3) is 0 Å². The highest BCUT2D eigenvalue weighted by atomic mass is 16.5. The number of carbonyl (C=O) groups is 1. The second-order valence-corrected chi connectivity index (χ2v) is 6.67. The fraction of sp³-hybridized carbons (Fsp3) is 0.435. The number of carbonyl (C=O) groups excluding carboxylic acids is 1. The van der Waals surface area contributed by atoms with Crippen LogP contribution in [0.4, 0.5) is 0 Å². The lowest BCUT2D eigenvalue weighted by Gasteiger charge is -2.23. The molecular formula is C23H30O3.